The first-order valence-corrected chi connectivity index (χ1v) is 14.8. The Morgan fingerprint density at radius 1 is 1.35 bits per heavy atom. The van der Waals surface area contributed by atoms with Crippen molar-refractivity contribution in [2.75, 3.05) is 24.8 Å². The molecule has 3 N–H and O–H groups in total. The van der Waals surface area contributed by atoms with E-state index in [2.05, 4.69) is 35.8 Å². The number of aryl methyl sites for hydroxylation is 1. The maximum Gasteiger partial charge on any atom is 0.352 e. The maximum absolute atomic E-state index is 12.9. The fourth-order valence-corrected chi connectivity index (χ4v) is 7.83. The van der Waals surface area contributed by atoms with Gasteiger partial charge in [0.1, 0.15) is 30.6 Å². The first-order valence-electron chi connectivity index (χ1n) is 11.2. The fourth-order valence-electron chi connectivity index (χ4n) is 3.72. The molecule has 0 aliphatic carbocycles. The number of ether oxygens (including phenoxy) is 1. The molecule has 1 fully saturated rings. The van der Waals surface area contributed by atoms with Crippen molar-refractivity contribution in [3.8, 4) is 0 Å². The van der Waals surface area contributed by atoms with Crippen LogP contribution in [0.2, 0.25) is 0 Å². The summed E-state index contributed by atoms with van der Waals surface area (Å²) in [6, 6.07) is 0. The van der Waals surface area contributed by atoms with Gasteiger partial charge < -0.3 is 25.3 Å². The Kier molecular flexibility index (Phi) is 9.06. The number of thiazole rings is 1. The van der Waals surface area contributed by atoms with Crippen LogP contribution >= 0.6 is 46.2 Å². The number of esters is 1. The molecule has 15 nitrogen and oxygen atoms in total. The summed E-state index contributed by atoms with van der Waals surface area (Å²) in [7, 11) is 1.24. The fraction of sp³-hybridized carbons (Fsp3) is 0.381. The Morgan fingerprint density at radius 3 is 2.75 bits per heavy atom. The molecule has 19 heteroatoms. The van der Waals surface area contributed by atoms with Crippen molar-refractivity contribution in [1.82, 2.24) is 25.4 Å². The third kappa shape index (κ3) is 6.26. The van der Waals surface area contributed by atoms with Crippen LogP contribution in [0.4, 0.5) is 5.13 Å². The number of hydrogen-bond acceptors (Lipinski definition) is 15. The number of carboxylic acids is 1. The van der Waals surface area contributed by atoms with E-state index < -0.39 is 46.3 Å². The number of nitrogens with zero attached hydrogens (tertiary/aromatic N) is 5. The second-order valence-corrected chi connectivity index (χ2v) is 12.7. The lowest BCUT2D eigenvalue weighted by Crippen LogP contribution is -2.61. The van der Waals surface area contributed by atoms with Crippen LogP contribution in [0.3, 0.4) is 0 Å². The van der Waals surface area contributed by atoms with Crippen LogP contribution in [0.25, 0.3) is 0 Å². The number of carbonyl (C=O) groups is 5. The summed E-state index contributed by atoms with van der Waals surface area (Å²) >= 11 is 4.64. The van der Waals surface area contributed by atoms with Gasteiger partial charge in [-0.3, -0.25) is 24.1 Å². The Morgan fingerprint density at radius 2 is 2.12 bits per heavy atom. The minimum Gasteiger partial charge on any atom is -0.477 e. The molecule has 1 saturated heterocycles. The van der Waals surface area contributed by atoms with E-state index in [0.29, 0.717) is 4.34 Å². The molecule has 4 rings (SSSR count). The summed E-state index contributed by atoms with van der Waals surface area (Å²) in [5.41, 5.74) is -0.397. The zero-order valence-electron chi connectivity index (χ0n) is 21.0. The van der Waals surface area contributed by atoms with Gasteiger partial charge in [0.25, 0.3) is 5.91 Å². The summed E-state index contributed by atoms with van der Waals surface area (Å²) in [5.74, 6) is -3.73. The number of β-lactam (4-membered cyclic amide) rings is 1. The highest BCUT2D eigenvalue weighted by Crippen LogP contribution is 2.54. The number of fused-ring (bicyclic) bond motifs is 1. The zero-order valence-corrected chi connectivity index (χ0v) is 24.3. The minimum atomic E-state index is -1.71. The second kappa shape index (κ2) is 12.3. The van der Waals surface area contributed by atoms with E-state index in [1.54, 1.807) is 6.92 Å². The van der Waals surface area contributed by atoms with Gasteiger partial charge in [-0.25, -0.2) is 9.78 Å². The van der Waals surface area contributed by atoms with Crippen LogP contribution in [0, 0.1) is 6.92 Å². The highest BCUT2D eigenvalue weighted by molar-refractivity contribution is 8.01. The van der Waals surface area contributed by atoms with Crippen molar-refractivity contribution in [2.24, 2.45) is 5.16 Å². The largest absolute Gasteiger partial charge is 0.477 e. The standard InChI is InChI=1S/C21H21N7O8S4/c1-9-26-27-20(39-9)38-8-14(31)24-19-23-12(7-37-19)21(25-13(30)5-22-35-3)11(6-36-10(2)29)17(18(33)34)28-15(32)4-16(28)40-21/h5,7,16H,4,6,8H2,1-3H3,(H,25,30)(H,33,34)(H,23,24,31)/t16-,21?/m1/s1. The molecule has 0 aromatic carbocycles. The molecule has 212 valence electrons. The maximum atomic E-state index is 12.9. The van der Waals surface area contributed by atoms with Gasteiger partial charge in [0, 0.05) is 17.9 Å². The van der Waals surface area contributed by atoms with Crippen molar-refractivity contribution < 1.29 is 38.7 Å². The van der Waals surface area contributed by atoms with E-state index in [0.717, 1.165) is 46.1 Å². The Bertz CT molecular complexity index is 1420. The van der Waals surface area contributed by atoms with E-state index in [1.165, 1.54) is 35.6 Å². The highest BCUT2D eigenvalue weighted by Gasteiger charge is 2.57. The van der Waals surface area contributed by atoms with E-state index in [4.69, 9.17) is 4.74 Å². The molecular weight excluding hydrogens is 607 g/mol. The Labute approximate surface area is 242 Å². The second-order valence-electron chi connectivity index (χ2n) is 8.00. The van der Waals surface area contributed by atoms with Gasteiger partial charge >= 0.3 is 11.9 Å². The highest BCUT2D eigenvalue weighted by atomic mass is 32.2. The molecule has 3 amide bonds. The minimum absolute atomic E-state index is 0.00210. The van der Waals surface area contributed by atoms with Crippen molar-refractivity contribution in [1.29, 1.82) is 0 Å². The van der Waals surface area contributed by atoms with Gasteiger partial charge in [-0.15, -0.1) is 21.5 Å². The van der Waals surface area contributed by atoms with Crippen molar-refractivity contribution in [3.63, 3.8) is 0 Å². The number of aromatic nitrogens is 3. The third-order valence-electron chi connectivity index (χ3n) is 5.31. The summed E-state index contributed by atoms with van der Waals surface area (Å²) in [6.07, 6.45) is 0.841. The summed E-state index contributed by atoms with van der Waals surface area (Å²) in [6.45, 7) is 2.37. The van der Waals surface area contributed by atoms with Gasteiger partial charge in [0.15, 0.2) is 14.3 Å². The first kappa shape index (κ1) is 29.4. The molecular formula is C21H21N7O8S4. The number of carboxylic acid groups (broad SMARTS) is 1. The summed E-state index contributed by atoms with van der Waals surface area (Å²) < 4.78 is 5.79. The molecule has 2 aromatic rings. The van der Waals surface area contributed by atoms with Crippen LogP contribution < -0.4 is 10.6 Å². The first-order chi connectivity index (χ1) is 19.0. The van der Waals surface area contributed by atoms with E-state index >= 15 is 0 Å². The van der Waals surface area contributed by atoms with E-state index in [-0.39, 0.29) is 34.5 Å². The zero-order chi connectivity index (χ0) is 29.0. The molecule has 1 unspecified atom stereocenters. The number of nitrogens with one attached hydrogen (secondary N) is 2. The molecule has 0 saturated carbocycles. The topological polar surface area (TPSA) is 202 Å². The Hall–Kier alpha value is -3.55. The third-order valence-corrected chi connectivity index (χ3v) is 9.60. The summed E-state index contributed by atoms with van der Waals surface area (Å²) in [4.78, 5) is 70.4. The number of oxime groups is 1. The molecule has 2 atom stereocenters. The average molecular weight is 628 g/mol. The van der Waals surface area contributed by atoms with Gasteiger partial charge in [0.2, 0.25) is 11.8 Å². The average Bonchev–Trinajstić information content (AvgIpc) is 3.53. The molecule has 0 radical (unpaired) electrons. The molecule has 0 spiro atoms. The SMILES string of the molecule is CON=CC(=O)NC1(c2csc(NC(=O)CSc3nnc(C)s3)n2)S[C@@H]2CC(=O)N2C(C(=O)O)=C1COC(C)=O. The number of rotatable bonds is 11. The van der Waals surface area contributed by atoms with Crippen LogP contribution in [-0.2, 0) is 38.4 Å². The quantitative estimate of drug-likeness (QED) is 0.105. The van der Waals surface area contributed by atoms with Gasteiger partial charge in [-0.1, -0.05) is 40.0 Å². The number of aliphatic carboxylic acids is 1. The van der Waals surface area contributed by atoms with Crippen LogP contribution in [0.5, 0.6) is 0 Å². The normalized spacial score (nSPS) is 20.1. The van der Waals surface area contributed by atoms with E-state index in [1.807, 2.05) is 0 Å². The molecule has 40 heavy (non-hydrogen) atoms. The Balaban J connectivity index is 1.71. The summed E-state index contributed by atoms with van der Waals surface area (Å²) in [5, 5.41) is 28.6. The van der Waals surface area contributed by atoms with Gasteiger partial charge in [0.05, 0.1) is 23.2 Å². The molecule has 2 aliphatic rings. The predicted octanol–water partition coefficient (Wildman–Crippen LogP) is 1.14. The predicted molar refractivity (Wildman–Crippen MR) is 146 cm³/mol. The van der Waals surface area contributed by atoms with Crippen molar-refractivity contribution in [3.05, 3.63) is 27.4 Å². The molecule has 0 bridgehead atoms. The van der Waals surface area contributed by atoms with Gasteiger partial charge in [-0.2, -0.15) is 0 Å². The number of anilines is 1. The van der Waals surface area contributed by atoms with Crippen molar-refractivity contribution >= 4 is 87.2 Å². The van der Waals surface area contributed by atoms with Crippen molar-refractivity contribution in [2.45, 2.75) is 34.9 Å². The van der Waals surface area contributed by atoms with E-state index in [9.17, 15) is 29.1 Å². The molecule has 2 aliphatic heterocycles. The van der Waals surface area contributed by atoms with Gasteiger partial charge in [-0.05, 0) is 6.92 Å². The smallest absolute Gasteiger partial charge is 0.352 e. The molecule has 4 heterocycles. The lowest BCUT2D eigenvalue weighted by molar-refractivity contribution is -0.146. The van der Waals surface area contributed by atoms with Crippen LogP contribution in [-0.4, -0.2) is 85.9 Å². The van der Waals surface area contributed by atoms with Crippen LogP contribution in [0.15, 0.2) is 26.1 Å². The lowest BCUT2D eigenvalue weighted by Gasteiger charge is -2.51. The molecule has 2 aromatic heterocycles. The lowest BCUT2D eigenvalue weighted by atomic mass is 9.97. The number of carbonyl (C=O) groups excluding carboxylic acids is 4. The monoisotopic (exact) mass is 627 g/mol. The van der Waals surface area contributed by atoms with Crippen LogP contribution in [0.1, 0.15) is 24.0 Å². The number of hydrogen-bond donors (Lipinski definition) is 3. The number of amides is 3. The number of thioether (sulfide) groups is 2.